The van der Waals surface area contributed by atoms with Crippen molar-refractivity contribution in [3.63, 3.8) is 0 Å². The summed E-state index contributed by atoms with van der Waals surface area (Å²) >= 11 is 0. The first-order chi connectivity index (χ1) is 10.3. The van der Waals surface area contributed by atoms with Crippen LogP contribution in [0.5, 0.6) is 0 Å². The van der Waals surface area contributed by atoms with E-state index in [4.69, 9.17) is 4.74 Å². The molecule has 2 nitrogen and oxygen atoms in total. The molecule has 21 heavy (non-hydrogen) atoms. The number of carbonyl (C=O) groups is 1. The van der Waals surface area contributed by atoms with E-state index < -0.39 is 0 Å². The zero-order valence-corrected chi connectivity index (χ0v) is 11.9. The highest BCUT2D eigenvalue weighted by molar-refractivity contribution is 5.89. The molecule has 0 amide bonds. The number of ether oxygens (including phenoxy) is 1. The van der Waals surface area contributed by atoms with Gasteiger partial charge in [0.1, 0.15) is 6.61 Å². The van der Waals surface area contributed by atoms with E-state index in [1.165, 1.54) is 0 Å². The standard InChI is InChI=1S/C19H18O2/c20-19(21-14-15-8-3-1-4-9-15)18-13-7-12-17(18)16-10-5-2-6-11-16/h1-6,8-12,18H,7,13-14H2. The molecule has 1 unspecified atom stereocenters. The molecule has 0 bridgehead atoms. The number of hydrogen-bond acceptors (Lipinski definition) is 2. The maximum Gasteiger partial charge on any atom is 0.313 e. The van der Waals surface area contributed by atoms with Crippen LogP contribution in [0.3, 0.4) is 0 Å². The predicted molar refractivity (Wildman–Crippen MR) is 83.4 cm³/mol. The van der Waals surface area contributed by atoms with Gasteiger partial charge in [0.15, 0.2) is 0 Å². The monoisotopic (exact) mass is 278 g/mol. The second-order valence-corrected chi connectivity index (χ2v) is 5.25. The van der Waals surface area contributed by atoms with Crippen LogP contribution in [0.15, 0.2) is 66.7 Å². The molecule has 0 saturated carbocycles. The molecule has 0 aromatic heterocycles. The second-order valence-electron chi connectivity index (χ2n) is 5.25. The molecule has 1 atom stereocenters. The summed E-state index contributed by atoms with van der Waals surface area (Å²) in [4.78, 5) is 12.3. The van der Waals surface area contributed by atoms with Gasteiger partial charge in [-0.05, 0) is 29.5 Å². The highest BCUT2D eigenvalue weighted by atomic mass is 16.5. The van der Waals surface area contributed by atoms with Crippen LogP contribution < -0.4 is 0 Å². The molecule has 106 valence electrons. The van der Waals surface area contributed by atoms with E-state index >= 15 is 0 Å². The fourth-order valence-electron chi connectivity index (χ4n) is 2.73. The van der Waals surface area contributed by atoms with Gasteiger partial charge in [-0.1, -0.05) is 66.7 Å². The van der Waals surface area contributed by atoms with Crippen LogP contribution in [-0.2, 0) is 16.1 Å². The highest BCUT2D eigenvalue weighted by Gasteiger charge is 2.28. The first-order valence-corrected chi connectivity index (χ1v) is 7.30. The van der Waals surface area contributed by atoms with E-state index in [0.717, 1.165) is 29.5 Å². The SMILES string of the molecule is O=C(OCc1ccccc1)C1CCC=C1c1ccccc1. The van der Waals surface area contributed by atoms with Crippen molar-refractivity contribution < 1.29 is 9.53 Å². The first kappa shape index (κ1) is 13.6. The topological polar surface area (TPSA) is 26.3 Å². The number of benzene rings is 2. The number of hydrogen-bond donors (Lipinski definition) is 0. The minimum atomic E-state index is -0.129. The molecular formula is C19H18O2. The normalized spacial score (nSPS) is 17.3. The number of esters is 1. The molecule has 2 aromatic carbocycles. The van der Waals surface area contributed by atoms with Crippen LogP contribution in [-0.4, -0.2) is 5.97 Å². The quantitative estimate of drug-likeness (QED) is 0.783. The summed E-state index contributed by atoms with van der Waals surface area (Å²) in [6.07, 6.45) is 3.94. The van der Waals surface area contributed by atoms with Crippen LogP contribution in [0.25, 0.3) is 5.57 Å². The third-order valence-electron chi connectivity index (χ3n) is 3.81. The Hall–Kier alpha value is -2.35. The fraction of sp³-hybridized carbons (Fsp3) is 0.211. The average molecular weight is 278 g/mol. The van der Waals surface area contributed by atoms with Crippen molar-refractivity contribution in [2.24, 2.45) is 5.92 Å². The number of carbonyl (C=O) groups excluding carboxylic acids is 1. The van der Waals surface area contributed by atoms with E-state index in [1.54, 1.807) is 0 Å². The molecule has 0 aliphatic heterocycles. The lowest BCUT2D eigenvalue weighted by Crippen LogP contribution is -2.16. The predicted octanol–water partition coefficient (Wildman–Crippen LogP) is 4.22. The summed E-state index contributed by atoms with van der Waals surface area (Å²) in [5.74, 6) is -0.248. The minimum absolute atomic E-state index is 0.119. The lowest BCUT2D eigenvalue weighted by Gasteiger charge is -2.14. The molecule has 2 aromatic rings. The zero-order chi connectivity index (χ0) is 14.5. The van der Waals surface area contributed by atoms with Gasteiger partial charge in [0, 0.05) is 0 Å². The van der Waals surface area contributed by atoms with Gasteiger partial charge in [0.2, 0.25) is 0 Å². The largest absolute Gasteiger partial charge is 0.460 e. The van der Waals surface area contributed by atoms with Gasteiger partial charge in [-0.3, -0.25) is 4.79 Å². The lowest BCUT2D eigenvalue weighted by molar-refractivity contribution is -0.147. The third kappa shape index (κ3) is 3.22. The van der Waals surface area contributed by atoms with E-state index in [2.05, 4.69) is 18.2 Å². The van der Waals surface area contributed by atoms with Crippen LogP contribution >= 0.6 is 0 Å². The van der Waals surface area contributed by atoms with Crippen LogP contribution in [0.4, 0.5) is 0 Å². The minimum Gasteiger partial charge on any atom is -0.460 e. The Labute approximate surface area is 125 Å². The smallest absolute Gasteiger partial charge is 0.313 e. The van der Waals surface area contributed by atoms with Gasteiger partial charge in [-0.25, -0.2) is 0 Å². The van der Waals surface area contributed by atoms with E-state index in [1.807, 2.05) is 48.5 Å². The van der Waals surface area contributed by atoms with Gasteiger partial charge in [-0.2, -0.15) is 0 Å². The van der Waals surface area contributed by atoms with Gasteiger partial charge in [-0.15, -0.1) is 0 Å². The Bertz CT molecular complexity index is 629. The van der Waals surface area contributed by atoms with Gasteiger partial charge >= 0.3 is 5.97 Å². The lowest BCUT2D eigenvalue weighted by atomic mass is 9.95. The number of rotatable bonds is 4. The molecular weight excluding hydrogens is 260 g/mol. The molecule has 0 fully saturated rings. The summed E-state index contributed by atoms with van der Waals surface area (Å²) in [6.45, 7) is 0.345. The van der Waals surface area contributed by atoms with Crippen LogP contribution in [0, 0.1) is 5.92 Å². The molecule has 0 saturated heterocycles. The molecule has 0 N–H and O–H groups in total. The molecule has 2 heteroatoms. The van der Waals surface area contributed by atoms with Gasteiger partial charge in [0.25, 0.3) is 0 Å². The van der Waals surface area contributed by atoms with E-state index in [0.29, 0.717) is 6.61 Å². The van der Waals surface area contributed by atoms with Crippen molar-refractivity contribution in [1.29, 1.82) is 0 Å². The third-order valence-corrected chi connectivity index (χ3v) is 3.81. The Morgan fingerprint density at radius 2 is 1.67 bits per heavy atom. The summed E-state index contributed by atoms with van der Waals surface area (Å²) in [7, 11) is 0. The second kappa shape index (κ2) is 6.40. The molecule has 1 aliphatic rings. The summed E-state index contributed by atoms with van der Waals surface area (Å²) in [6, 6.07) is 19.9. The summed E-state index contributed by atoms with van der Waals surface area (Å²) < 4.78 is 5.48. The van der Waals surface area contributed by atoms with Gasteiger partial charge in [0.05, 0.1) is 5.92 Å². The average Bonchev–Trinajstić information content (AvgIpc) is 3.04. The molecule has 0 spiro atoms. The zero-order valence-electron chi connectivity index (χ0n) is 11.9. The van der Waals surface area contributed by atoms with Crippen molar-refractivity contribution in [3.05, 3.63) is 77.9 Å². The first-order valence-electron chi connectivity index (χ1n) is 7.30. The fourth-order valence-corrected chi connectivity index (χ4v) is 2.73. The van der Waals surface area contributed by atoms with Gasteiger partial charge < -0.3 is 4.74 Å². The molecule has 0 heterocycles. The van der Waals surface area contributed by atoms with Crippen molar-refractivity contribution >= 4 is 11.5 Å². The van der Waals surface area contributed by atoms with Crippen LogP contribution in [0.1, 0.15) is 24.0 Å². The molecule has 3 rings (SSSR count). The summed E-state index contributed by atoms with van der Waals surface area (Å²) in [5.41, 5.74) is 3.25. The Balaban J connectivity index is 1.66. The maximum atomic E-state index is 12.3. The van der Waals surface area contributed by atoms with Crippen LogP contribution in [0.2, 0.25) is 0 Å². The van der Waals surface area contributed by atoms with E-state index in [9.17, 15) is 4.79 Å². The van der Waals surface area contributed by atoms with Crippen molar-refractivity contribution in [2.75, 3.05) is 0 Å². The van der Waals surface area contributed by atoms with Crippen molar-refractivity contribution in [2.45, 2.75) is 19.4 Å². The maximum absolute atomic E-state index is 12.3. The number of allylic oxidation sites excluding steroid dienone is 1. The van der Waals surface area contributed by atoms with Crippen molar-refractivity contribution in [1.82, 2.24) is 0 Å². The Morgan fingerprint density at radius 3 is 2.38 bits per heavy atom. The Kier molecular flexibility index (Phi) is 4.15. The molecule has 0 radical (unpaired) electrons. The Morgan fingerprint density at radius 1 is 1.00 bits per heavy atom. The molecule has 1 aliphatic carbocycles. The van der Waals surface area contributed by atoms with Crippen molar-refractivity contribution in [3.8, 4) is 0 Å². The summed E-state index contributed by atoms with van der Waals surface area (Å²) in [5, 5.41) is 0. The van der Waals surface area contributed by atoms with E-state index in [-0.39, 0.29) is 11.9 Å². The highest BCUT2D eigenvalue weighted by Crippen LogP contribution is 2.34.